The minimum absolute atomic E-state index is 0.736. The standard InChI is InChI=1S/C18H29NO/c1-3-12-19-14-16-6-5-7-18(16)15-8-10-17(11-9-15)20-13-4-2/h8-11,16,18-19H,3-7,12-14H2,1-2H3. The van der Waals surface area contributed by atoms with E-state index in [0.29, 0.717) is 0 Å². The Labute approximate surface area is 123 Å². The van der Waals surface area contributed by atoms with Crippen LogP contribution in [0.4, 0.5) is 0 Å². The summed E-state index contributed by atoms with van der Waals surface area (Å²) in [5.41, 5.74) is 1.50. The van der Waals surface area contributed by atoms with Crippen molar-refractivity contribution in [2.24, 2.45) is 5.92 Å². The highest BCUT2D eigenvalue weighted by molar-refractivity contribution is 5.30. The Bertz CT molecular complexity index is 374. The Balaban J connectivity index is 1.91. The van der Waals surface area contributed by atoms with Crippen LogP contribution in [0.2, 0.25) is 0 Å². The maximum atomic E-state index is 5.67. The molecule has 0 bridgehead atoms. The van der Waals surface area contributed by atoms with E-state index in [1.54, 1.807) is 0 Å². The number of rotatable bonds is 8. The van der Waals surface area contributed by atoms with Gasteiger partial charge in [0.15, 0.2) is 0 Å². The van der Waals surface area contributed by atoms with Crippen molar-refractivity contribution in [1.82, 2.24) is 5.32 Å². The first kappa shape index (κ1) is 15.4. The Morgan fingerprint density at radius 2 is 1.90 bits per heavy atom. The molecule has 0 amide bonds. The smallest absolute Gasteiger partial charge is 0.119 e. The second-order valence-corrected chi connectivity index (χ2v) is 5.92. The number of nitrogens with one attached hydrogen (secondary N) is 1. The number of hydrogen-bond donors (Lipinski definition) is 1. The van der Waals surface area contributed by atoms with Crippen LogP contribution in [-0.2, 0) is 0 Å². The van der Waals surface area contributed by atoms with Gasteiger partial charge in [0.2, 0.25) is 0 Å². The molecule has 1 aromatic carbocycles. The molecule has 0 aliphatic heterocycles. The molecule has 1 N–H and O–H groups in total. The zero-order valence-corrected chi connectivity index (χ0v) is 13.0. The summed E-state index contributed by atoms with van der Waals surface area (Å²) >= 11 is 0. The first-order valence-corrected chi connectivity index (χ1v) is 8.28. The third-order valence-electron chi connectivity index (χ3n) is 4.27. The third kappa shape index (κ3) is 4.24. The zero-order valence-electron chi connectivity index (χ0n) is 13.0. The van der Waals surface area contributed by atoms with Crippen LogP contribution in [0.15, 0.2) is 24.3 Å². The Kier molecular flexibility index (Phi) is 6.38. The summed E-state index contributed by atoms with van der Waals surface area (Å²) in [6.07, 6.45) is 6.37. The topological polar surface area (TPSA) is 21.3 Å². The number of ether oxygens (including phenoxy) is 1. The van der Waals surface area contributed by atoms with Crippen LogP contribution in [0.5, 0.6) is 5.75 Å². The molecule has 0 radical (unpaired) electrons. The van der Waals surface area contributed by atoms with Gasteiger partial charge < -0.3 is 10.1 Å². The van der Waals surface area contributed by atoms with Crippen molar-refractivity contribution in [1.29, 1.82) is 0 Å². The van der Waals surface area contributed by atoms with Crippen molar-refractivity contribution in [2.75, 3.05) is 19.7 Å². The first-order chi connectivity index (χ1) is 9.85. The van der Waals surface area contributed by atoms with Crippen LogP contribution in [0.1, 0.15) is 57.4 Å². The van der Waals surface area contributed by atoms with Crippen molar-refractivity contribution in [3.63, 3.8) is 0 Å². The van der Waals surface area contributed by atoms with Crippen molar-refractivity contribution in [3.8, 4) is 5.75 Å². The molecule has 2 unspecified atom stereocenters. The molecule has 2 nitrogen and oxygen atoms in total. The average molecular weight is 275 g/mol. The maximum Gasteiger partial charge on any atom is 0.119 e. The van der Waals surface area contributed by atoms with Crippen LogP contribution >= 0.6 is 0 Å². The molecule has 112 valence electrons. The van der Waals surface area contributed by atoms with Crippen molar-refractivity contribution in [3.05, 3.63) is 29.8 Å². The Hall–Kier alpha value is -1.02. The molecule has 0 heterocycles. The fourth-order valence-corrected chi connectivity index (χ4v) is 3.22. The van der Waals surface area contributed by atoms with E-state index in [1.807, 2.05) is 0 Å². The summed E-state index contributed by atoms with van der Waals surface area (Å²) in [5, 5.41) is 3.59. The molecule has 1 aromatic rings. The predicted molar refractivity (Wildman–Crippen MR) is 85.5 cm³/mol. The van der Waals surface area contributed by atoms with Crippen molar-refractivity contribution >= 4 is 0 Å². The van der Waals surface area contributed by atoms with E-state index in [4.69, 9.17) is 4.74 Å². The molecular weight excluding hydrogens is 246 g/mol. The van der Waals surface area contributed by atoms with E-state index in [9.17, 15) is 0 Å². The molecule has 1 aliphatic rings. The lowest BCUT2D eigenvalue weighted by molar-refractivity contribution is 0.317. The van der Waals surface area contributed by atoms with Gasteiger partial charge in [-0.05, 0) is 68.3 Å². The van der Waals surface area contributed by atoms with E-state index in [1.165, 1.54) is 37.8 Å². The highest BCUT2D eigenvalue weighted by Crippen LogP contribution is 2.39. The summed E-state index contributed by atoms with van der Waals surface area (Å²) in [6.45, 7) is 7.50. The summed E-state index contributed by atoms with van der Waals surface area (Å²) in [4.78, 5) is 0. The van der Waals surface area contributed by atoms with Gasteiger partial charge in [-0.1, -0.05) is 32.4 Å². The predicted octanol–water partition coefficient (Wildman–Crippen LogP) is 4.36. The largest absolute Gasteiger partial charge is 0.494 e. The average Bonchev–Trinajstić information content (AvgIpc) is 2.94. The molecule has 20 heavy (non-hydrogen) atoms. The van der Waals surface area contributed by atoms with Crippen molar-refractivity contribution < 1.29 is 4.74 Å². The molecule has 1 saturated carbocycles. The lowest BCUT2D eigenvalue weighted by atomic mass is 9.89. The van der Waals surface area contributed by atoms with Crippen LogP contribution in [0.3, 0.4) is 0 Å². The Morgan fingerprint density at radius 1 is 1.10 bits per heavy atom. The SMILES string of the molecule is CCCNCC1CCCC1c1ccc(OCCC)cc1. The second kappa shape index (κ2) is 8.31. The summed E-state index contributed by atoms with van der Waals surface area (Å²) in [5.74, 6) is 2.55. The molecule has 1 fully saturated rings. The van der Waals surface area contributed by atoms with E-state index in [0.717, 1.165) is 37.2 Å². The molecular formula is C18H29NO. The zero-order chi connectivity index (χ0) is 14.2. The van der Waals surface area contributed by atoms with Crippen LogP contribution in [-0.4, -0.2) is 19.7 Å². The molecule has 1 aliphatic carbocycles. The molecule has 2 heteroatoms. The molecule has 2 rings (SSSR count). The lowest BCUT2D eigenvalue weighted by Gasteiger charge is -2.21. The third-order valence-corrected chi connectivity index (χ3v) is 4.27. The van der Waals surface area contributed by atoms with Gasteiger partial charge in [0.25, 0.3) is 0 Å². The molecule has 0 aromatic heterocycles. The van der Waals surface area contributed by atoms with Gasteiger partial charge in [0.05, 0.1) is 6.61 Å². The van der Waals surface area contributed by atoms with Crippen LogP contribution in [0, 0.1) is 5.92 Å². The highest BCUT2D eigenvalue weighted by Gasteiger charge is 2.27. The van der Waals surface area contributed by atoms with Gasteiger partial charge in [0.1, 0.15) is 5.75 Å². The monoisotopic (exact) mass is 275 g/mol. The summed E-state index contributed by atoms with van der Waals surface area (Å²) in [6, 6.07) is 8.82. The van der Waals surface area contributed by atoms with Crippen molar-refractivity contribution in [2.45, 2.75) is 51.9 Å². The van der Waals surface area contributed by atoms with Crippen LogP contribution < -0.4 is 10.1 Å². The Morgan fingerprint density at radius 3 is 2.60 bits per heavy atom. The molecule has 2 atom stereocenters. The fraction of sp³-hybridized carbons (Fsp3) is 0.667. The van der Waals surface area contributed by atoms with Gasteiger partial charge in [-0.15, -0.1) is 0 Å². The minimum atomic E-state index is 0.736. The van der Waals surface area contributed by atoms with Gasteiger partial charge in [0, 0.05) is 0 Å². The van der Waals surface area contributed by atoms with E-state index in [-0.39, 0.29) is 0 Å². The van der Waals surface area contributed by atoms with Crippen LogP contribution in [0.25, 0.3) is 0 Å². The lowest BCUT2D eigenvalue weighted by Crippen LogP contribution is -2.25. The maximum absolute atomic E-state index is 5.67. The van der Waals surface area contributed by atoms with E-state index in [2.05, 4.69) is 43.4 Å². The number of hydrogen-bond acceptors (Lipinski definition) is 2. The number of benzene rings is 1. The molecule has 0 spiro atoms. The minimum Gasteiger partial charge on any atom is -0.494 e. The quantitative estimate of drug-likeness (QED) is 0.712. The highest BCUT2D eigenvalue weighted by atomic mass is 16.5. The second-order valence-electron chi connectivity index (χ2n) is 5.92. The van der Waals surface area contributed by atoms with Gasteiger partial charge in [-0.3, -0.25) is 0 Å². The molecule has 0 saturated heterocycles. The normalized spacial score (nSPS) is 22.1. The van der Waals surface area contributed by atoms with E-state index < -0.39 is 0 Å². The summed E-state index contributed by atoms with van der Waals surface area (Å²) < 4.78 is 5.67. The first-order valence-electron chi connectivity index (χ1n) is 8.28. The summed E-state index contributed by atoms with van der Waals surface area (Å²) in [7, 11) is 0. The van der Waals surface area contributed by atoms with E-state index >= 15 is 0 Å². The van der Waals surface area contributed by atoms with Gasteiger partial charge >= 0.3 is 0 Å². The van der Waals surface area contributed by atoms with Gasteiger partial charge in [-0.2, -0.15) is 0 Å². The van der Waals surface area contributed by atoms with Gasteiger partial charge in [-0.25, -0.2) is 0 Å². The fourth-order valence-electron chi connectivity index (χ4n) is 3.22.